The van der Waals surface area contributed by atoms with Crippen LogP contribution in [-0.2, 0) is 9.47 Å². The fourth-order valence-corrected chi connectivity index (χ4v) is 3.86. The zero-order chi connectivity index (χ0) is 11.8. The number of rotatable bonds is 0. The minimum absolute atomic E-state index is 0.200. The maximum absolute atomic E-state index is 10.5. The van der Waals surface area contributed by atoms with Crippen LogP contribution in [0, 0.1) is 5.41 Å². The van der Waals surface area contributed by atoms with Gasteiger partial charge < -0.3 is 14.6 Å². The average Bonchev–Trinajstić information content (AvgIpc) is 2.73. The van der Waals surface area contributed by atoms with Crippen molar-refractivity contribution in [2.45, 2.75) is 56.8 Å². The second kappa shape index (κ2) is 4.38. The first-order chi connectivity index (χ1) is 8.29. The van der Waals surface area contributed by atoms with Crippen molar-refractivity contribution >= 4 is 0 Å². The fraction of sp³-hybridized carbons (Fsp3) is 0.857. The summed E-state index contributed by atoms with van der Waals surface area (Å²) in [6.45, 7) is 1.36. The van der Waals surface area contributed by atoms with Crippen molar-refractivity contribution in [3.63, 3.8) is 0 Å². The quantitative estimate of drug-likeness (QED) is 0.659. The Kier molecular flexibility index (Phi) is 3.01. The van der Waals surface area contributed by atoms with Gasteiger partial charge in [-0.15, -0.1) is 0 Å². The molecule has 3 rings (SSSR count). The van der Waals surface area contributed by atoms with E-state index in [1.807, 2.05) is 0 Å². The lowest BCUT2D eigenvalue weighted by Gasteiger charge is -2.49. The molecule has 1 saturated carbocycles. The summed E-state index contributed by atoms with van der Waals surface area (Å²) in [6, 6.07) is 0. The Bertz CT molecular complexity index is 307. The minimum Gasteiger partial charge on any atom is -0.392 e. The lowest BCUT2D eigenvalue weighted by molar-refractivity contribution is -0.268. The van der Waals surface area contributed by atoms with Gasteiger partial charge in [0.2, 0.25) is 0 Å². The first-order valence-electron chi connectivity index (χ1n) is 6.90. The third-order valence-electron chi connectivity index (χ3n) is 4.79. The van der Waals surface area contributed by atoms with Crippen molar-refractivity contribution in [3.05, 3.63) is 12.2 Å². The topological polar surface area (TPSA) is 38.7 Å². The van der Waals surface area contributed by atoms with Gasteiger partial charge in [0, 0.05) is 6.42 Å². The molecule has 0 aromatic heterocycles. The molecule has 2 fully saturated rings. The average molecular weight is 238 g/mol. The minimum atomic E-state index is -0.506. The molecular formula is C14H22O3. The molecular weight excluding hydrogens is 216 g/mol. The molecule has 96 valence electrons. The number of allylic oxidation sites excluding steroid dienone is 1. The van der Waals surface area contributed by atoms with E-state index in [1.165, 1.54) is 12.8 Å². The van der Waals surface area contributed by atoms with Gasteiger partial charge >= 0.3 is 0 Å². The van der Waals surface area contributed by atoms with Gasteiger partial charge in [0.15, 0.2) is 5.79 Å². The molecule has 0 unspecified atom stereocenters. The van der Waals surface area contributed by atoms with Crippen LogP contribution >= 0.6 is 0 Å². The van der Waals surface area contributed by atoms with Crippen molar-refractivity contribution in [1.82, 2.24) is 0 Å². The molecule has 0 amide bonds. The molecule has 0 aromatic carbocycles. The second-order valence-corrected chi connectivity index (χ2v) is 5.59. The van der Waals surface area contributed by atoms with E-state index in [2.05, 4.69) is 12.2 Å². The van der Waals surface area contributed by atoms with Gasteiger partial charge in [0.25, 0.3) is 0 Å². The molecule has 2 aliphatic carbocycles. The third kappa shape index (κ3) is 1.67. The lowest BCUT2D eigenvalue weighted by Crippen LogP contribution is -2.56. The van der Waals surface area contributed by atoms with Crippen molar-refractivity contribution in [2.24, 2.45) is 5.41 Å². The Balaban J connectivity index is 1.99. The highest BCUT2D eigenvalue weighted by molar-refractivity contribution is 5.10. The summed E-state index contributed by atoms with van der Waals surface area (Å²) in [5, 5.41) is 10.5. The molecule has 1 aliphatic heterocycles. The first-order valence-corrected chi connectivity index (χ1v) is 6.90. The van der Waals surface area contributed by atoms with Crippen LogP contribution in [0.5, 0.6) is 0 Å². The molecule has 2 atom stereocenters. The zero-order valence-corrected chi connectivity index (χ0v) is 10.4. The monoisotopic (exact) mass is 238 g/mol. The van der Waals surface area contributed by atoms with Crippen LogP contribution in [0.15, 0.2) is 12.2 Å². The van der Waals surface area contributed by atoms with E-state index in [1.54, 1.807) is 0 Å². The van der Waals surface area contributed by atoms with E-state index >= 15 is 0 Å². The second-order valence-electron chi connectivity index (χ2n) is 5.59. The Labute approximate surface area is 103 Å². The summed E-state index contributed by atoms with van der Waals surface area (Å²) in [5.74, 6) is -0.506. The van der Waals surface area contributed by atoms with Gasteiger partial charge in [0.05, 0.1) is 24.7 Å². The van der Waals surface area contributed by atoms with Crippen LogP contribution in [0.2, 0.25) is 0 Å². The number of aliphatic hydroxyl groups excluding tert-OH is 1. The van der Waals surface area contributed by atoms with Crippen molar-refractivity contribution < 1.29 is 14.6 Å². The summed E-state index contributed by atoms with van der Waals surface area (Å²) in [7, 11) is 0. The Hall–Kier alpha value is -0.380. The molecule has 0 bridgehead atoms. The predicted molar refractivity (Wildman–Crippen MR) is 64.5 cm³/mol. The highest BCUT2D eigenvalue weighted by Crippen LogP contribution is 2.54. The molecule has 0 aromatic rings. The summed E-state index contributed by atoms with van der Waals surface area (Å²) in [5.41, 5.74) is -0.200. The van der Waals surface area contributed by atoms with Crippen molar-refractivity contribution in [3.8, 4) is 0 Å². The van der Waals surface area contributed by atoms with Crippen molar-refractivity contribution in [2.75, 3.05) is 13.2 Å². The first kappa shape index (κ1) is 11.7. The van der Waals surface area contributed by atoms with Crippen molar-refractivity contribution in [1.29, 1.82) is 0 Å². The number of hydrogen-bond acceptors (Lipinski definition) is 3. The predicted octanol–water partition coefficient (Wildman–Crippen LogP) is 2.39. The molecule has 1 N–H and O–H groups in total. The number of fused-ring (bicyclic) bond motifs is 1. The van der Waals surface area contributed by atoms with Crippen LogP contribution in [0.25, 0.3) is 0 Å². The normalized spacial score (nSPS) is 40.9. The molecule has 17 heavy (non-hydrogen) atoms. The van der Waals surface area contributed by atoms with Crippen LogP contribution < -0.4 is 0 Å². The Morgan fingerprint density at radius 2 is 1.76 bits per heavy atom. The Morgan fingerprint density at radius 1 is 1.00 bits per heavy atom. The summed E-state index contributed by atoms with van der Waals surface area (Å²) < 4.78 is 12.0. The lowest BCUT2D eigenvalue weighted by atomic mass is 9.65. The molecule has 3 nitrogen and oxygen atoms in total. The summed E-state index contributed by atoms with van der Waals surface area (Å²) >= 11 is 0. The summed E-state index contributed by atoms with van der Waals surface area (Å²) in [4.78, 5) is 0. The molecule has 3 aliphatic rings. The van der Waals surface area contributed by atoms with E-state index in [9.17, 15) is 5.11 Å². The van der Waals surface area contributed by atoms with Crippen LogP contribution in [0.1, 0.15) is 44.9 Å². The van der Waals surface area contributed by atoms with Gasteiger partial charge in [0.1, 0.15) is 0 Å². The van der Waals surface area contributed by atoms with E-state index < -0.39 is 5.79 Å². The number of hydrogen-bond donors (Lipinski definition) is 1. The van der Waals surface area contributed by atoms with E-state index in [0.29, 0.717) is 13.2 Å². The molecule has 1 heterocycles. The van der Waals surface area contributed by atoms with Gasteiger partial charge in [-0.25, -0.2) is 0 Å². The highest BCUT2D eigenvalue weighted by Gasteiger charge is 2.59. The van der Waals surface area contributed by atoms with E-state index in [4.69, 9.17) is 9.47 Å². The smallest absolute Gasteiger partial charge is 0.176 e. The van der Waals surface area contributed by atoms with Gasteiger partial charge in [-0.3, -0.25) is 0 Å². The standard InChI is InChI=1S/C14H22O3/c15-12-6-2-5-8-13(12)7-3-1-4-9-14(13)16-10-11-17-14/h2,5,12,15H,1,3-4,6-11H2/t12-,13+/m0/s1. The molecule has 3 heteroatoms. The number of ether oxygens (including phenoxy) is 2. The largest absolute Gasteiger partial charge is 0.392 e. The Morgan fingerprint density at radius 3 is 2.53 bits per heavy atom. The highest BCUT2D eigenvalue weighted by atomic mass is 16.7. The fourth-order valence-electron chi connectivity index (χ4n) is 3.86. The zero-order valence-electron chi connectivity index (χ0n) is 10.4. The maximum Gasteiger partial charge on any atom is 0.176 e. The SMILES string of the molecule is O[C@H]1CC=CC[C@]12CCCCCC21OCCO1. The third-order valence-corrected chi connectivity index (χ3v) is 4.79. The van der Waals surface area contributed by atoms with Crippen LogP contribution in [0.4, 0.5) is 0 Å². The molecule has 0 radical (unpaired) electrons. The maximum atomic E-state index is 10.5. The van der Waals surface area contributed by atoms with E-state index in [0.717, 1.165) is 32.1 Å². The van der Waals surface area contributed by atoms with Gasteiger partial charge in [-0.05, 0) is 25.7 Å². The molecule has 1 saturated heterocycles. The summed E-state index contributed by atoms with van der Waals surface area (Å²) in [6.07, 6.45) is 11.1. The van der Waals surface area contributed by atoms with Crippen LogP contribution in [-0.4, -0.2) is 30.2 Å². The van der Waals surface area contributed by atoms with E-state index in [-0.39, 0.29) is 11.5 Å². The molecule has 2 spiro atoms. The number of aliphatic hydroxyl groups is 1. The van der Waals surface area contributed by atoms with Gasteiger partial charge in [-0.2, -0.15) is 0 Å². The van der Waals surface area contributed by atoms with Crippen LogP contribution in [0.3, 0.4) is 0 Å². The van der Waals surface area contributed by atoms with Gasteiger partial charge in [-0.1, -0.05) is 25.0 Å².